The fourth-order valence-electron chi connectivity index (χ4n) is 3.08. The van der Waals surface area contributed by atoms with Gasteiger partial charge in [-0.15, -0.1) is 0 Å². The molecular weight excluding hydrogens is 242 g/mol. The third-order valence-electron chi connectivity index (χ3n) is 4.12. The Balaban J connectivity index is 1.72. The van der Waals surface area contributed by atoms with Crippen molar-refractivity contribution in [3.05, 3.63) is 34.2 Å². The lowest BCUT2D eigenvalue weighted by atomic mass is 9.99. The Morgan fingerprint density at radius 2 is 2.11 bits per heavy atom. The van der Waals surface area contributed by atoms with E-state index in [9.17, 15) is 9.59 Å². The van der Waals surface area contributed by atoms with E-state index in [1.54, 1.807) is 12.1 Å². The molecule has 0 aromatic carbocycles. The average molecular weight is 261 g/mol. The molecule has 1 unspecified atom stereocenters. The van der Waals surface area contributed by atoms with Gasteiger partial charge in [0.2, 0.25) is 5.56 Å². The molecule has 1 N–H and O–H groups in total. The van der Waals surface area contributed by atoms with Crippen molar-refractivity contribution in [2.75, 3.05) is 26.2 Å². The van der Waals surface area contributed by atoms with Gasteiger partial charge in [0.05, 0.1) is 0 Å². The molecule has 1 aromatic rings. The first-order valence-electron chi connectivity index (χ1n) is 6.97. The summed E-state index contributed by atoms with van der Waals surface area (Å²) in [5.74, 6) is -0.0528. The zero-order valence-electron chi connectivity index (χ0n) is 11.0. The molecule has 1 aromatic heterocycles. The Morgan fingerprint density at radius 1 is 1.21 bits per heavy atom. The number of nitrogens with one attached hydrogen (secondary N) is 1. The number of hydrogen-bond donors (Lipinski definition) is 1. The van der Waals surface area contributed by atoms with Crippen LogP contribution in [0.5, 0.6) is 0 Å². The van der Waals surface area contributed by atoms with Crippen LogP contribution in [0.15, 0.2) is 23.0 Å². The molecule has 5 heteroatoms. The molecule has 2 aliphatic rings. The van der Waals surface area contributed by atoms with E-state index in [1.807, 2.05) is 4.90 Å². The van der Waals surface area contributed by atoms with Gasteiger partial charge in [0.25, 0.3) is 5.91 Å². The molecule has 2 fully saturated rings. The molecule has 3 rings (SSSR count). The highest BCUT2D eigenvalue weighted by atomic mass is 16.2. The van der Waals surface area contributed by atoms with Crippen LogP contribution in [0.1, 0.15) is 29.8 Å². The average Bonchev–Trinajstić information content (AvgIpc) is 2.46. The second-order valence-corrected chi connectivity index (χ2v) is 5.37. The van der Waals surface area contributed by atoms with Crippen molar-refractivity contribution in [1.82, 2.24) is 14.8 Å². The second-order valence-electron chi connectivity index (χ2n) is 5.37. The predicted molar refractivity (Wildman–Crippen MR) is 72.2 cm³/mol. The molecule has 0 saturated carbocycles. The molecule has 1 atom stereocenters. The Kier molecular flexibility index (Phi) is 3.38. The Hall–Kier alpha value is -1.62. The number of aromatic amines is 1. The SMILES string of the molecule is O=C(c1cccc(=O)[nH]1)N1CCN2CCCCC2C1. The van der Waals surface area contributed by atoms with Crippen molar-refractivity contribution in [3.8, 4) is 0 Å². The fraction of sp³-hybridized carbons (Fsp3) is 0.571. The summed E-state index contributed by atoms with van der Waals surface area (Å²) in [7, 11) is 0. The maximum atomic E-state index is 12.4. The first kappa shape index (κ1) is 12.4. The summed E-state index contributed by atoms with van der Waals surface area (Å²) < 4.78 is 0. The zero-order chi connectivity index (χ0) is 13.2. The molecule has 0 spiro atoms. The number of rotatable bonds is 1. The topological polar surface area (TPSA) is 56.4 Å². The van der Waals surface area contributed by atoms with E-state index in [0.717, 1.165) is 26.2 Å². The van der Waals surface area contributed by atoms with Gasteiger partial charge in [-0.1, -0.05) is 12.5 Å². The number of carbonyl (C=O) groups excluding carboxylic acids is 1. The number of hydrogen-bond acceptors (Lipinski definition) is 3. The van der Waals surface area contributed by atoms with Crippen LogP contribution in [0.3, 0.4) is 0 Å². The van der Waals surface area contributed by atoms with Gasteiger partial charge in [-0.3, -0.25) is 14.5 Å². The first-order valence-corrected chi connectivity index (χ1v) is 6.97. The highest BCUT2D eigenvalue weighted by Gasteiger charge is 2.31. The molecule has 19 heavy (non-hydrogen) atoms. The Morgan fingerprint density at radius 3 is 2.95 bits per heavy atom. The van der Waals surface area contributed by atoms with Gasteiger partial charge in [0.15, 0.2) is 0 Å². The molecule has 102 valence electrons. The van der Waals surface area contributed by atoms with E-state index < -0.39 is 0 Å². The lowest BCUT2D eigenvalue weighted by molar-refractivity contribution is 0.0368. The van der Waals surface area contributed by atoms with Crippen molar-refractivity contribution >= 4 is 5.91 Å². The predicted octanol–water partition coefficient (Wildman–Crippen LogP) is 0.685. The van der Waals surface area contributed by atoms with E-state index in [0.29, 0.717) is 11.7 Å². The van der Waals surface area contributed by atoms with Crippen LogP contribution in [-0.4, -0.2) is 52.9 Å². The third kappa shape index (κ3) is 2.56. The van der Waals surface area contributed by atoms with Crippen LogP contribution in [0.2, 0.25) is 0 Å². The van der Waals surface area contributed by atoms with Crippen LogP contribution in [0, 0.1) is 0 Å². The van der Waals surface area contributed by atoms with E-state index >= 15 is 0 Å². The standard InChI is InChI=1S/C14H19N3O2/c18-13-6-3-5-12(15-13)14(19)17-9-8-16-7-2-1-4-11(16)10-17/h3,5-6,11H,1-2,4,7-10H2,(H,15,18). The van der Waals surface area contributed by atoms with Gasteiger partial charge >= 0.3 is 0 Å². The minimum atomic E-state index is -0.220. The molecule has 2 aliphatic heterocycles. The number of H-pyrrole nitrogens is 1. The van der Waals surface area contributed by atoms with Crippen molar-refractivity contribution in [1.29, 1.82) is 0 Å². The van der Waals surface area contributed by atoms with E-state index in [1.165, 1.54) is 25.3 Å². The molecule has 1 amide bonds. The van der Waals surface area contributed by atoms with Gasteiger partial charge in [-0.25, -0.2) is 0 Å². The van der Waals surface area contributed by atoms with Crippen LogP contribution in [-0.2, 0) is 0 Å². The van der Waals surface area contributed by atoms with Crippen molar-refractivity contribution in [2.45, 2.75) is 25.3 Å². The maximum Gasteiger partial charge on any atom is 0.270 e. The largest absolute Gasteiger partial charge is 0.335 e. The lowest BCUT2D eigenvalue weighted by Crippen LogP contribution is -2.56. The molecule has 5 nitrogen and oxygen atoms in total. The van der Waals surface area contributed by atoms with Gasteiger partial charge in [-0.05, 0) is 25.5 Å². The Bertz CT molecular complexity index is 525. The molecule has 0 aliphatic carbocycles. The number of nitrogens with zero attached hydrogens (tertiary/aromatic N) is 2. The number of fused-ring (bicyclic) bond motifs is 1. The summed E-state index contributed by atoms with van der Waals surface area (Å²) >= 11 is 0. The van der Waals surface area contributed by atoms with Crippen molar-refractivity contribution in [2.24, 2.45) is 0 Å². The first-order chi connectivity index (χ1) is 9.24. The van der Waals surface area contributed by atoms with Crippen LogP contribution < -0.4 is 5.56 Å². The minimum absolute atomic E-state index is 0.0528. The van der Waals surface area contributed by atoms with Gasteiger partial charge < -0.3 is 9.88 Å². The Labute approximate surface area is 112 Å². The summed E-state index contributed by atoms with van der Waals surface area (Å²) in [6, 6.07) is 5.23. The van der Waals surface area contributed by atoms with Crippen LogP contribution in [0.25, 0.3) is 0 Å². The van der Waals surface area contributed by atoms with E-state index in [4.69, 9.17) is 0 Å². The van der Waals surface area contributed by atoms with Gasteiger partial charge in [-0.2, -0.15) is 0 Å². The summed E-state index contributed by atoms with van der Waals surface area (Å²) in [5, 5.41) is 0. The minimum Gasteiger partial charge on any atom is -0.335 e. The molecular formula is C14H19N3O2. The molecule has 0 radical (unpaired) electrons. The van der Waals surface area contributed by atoms with E-state index in [-0.39, 0.29) is 11.5 Å². The molecule has 0 bridgehead atoms. The zero-order valence-corrected chi connectivity index (χ0v) is 11.0. The van der Waals surface area contributed by atoms with E-state index in [2.05, 4.69) is 9.88 Å². The van der Waals surface area contributed by atoms with Gasteiger partial charge in [0, 0.05) is 31.7 Å². The summed E-state index contributed by atoms with van der Waals surface area (Å²) in [4.78, 5) is 30.6. The summed E-state index contributed by atoms with van der Waals surface area (Å²) in [5.41, 5.74) is 0.180. The van der Waals surface area contributed by atoms with Crippen molar-refractivity contribution in [3.63, 3.8) is 0 Å². The number of piperazine rings is 1. The monoisotopic (exact) mass is 261 g/mol. The molecule has 3 heterocycles. The quantitative estimate of drug-likeness (QED) is 0.809. The van der Waals surface area contributed by atoms with Gasteiger partial charge in [0.1, 0.15) is 5.69 Å². The number of pyridine rings is 1. The number of piperidine rings is 1. The van der Waals surface area contributed by atoms with Crippen molar-refractivity contribution < 1.29 is 4.79 Å². The smallest absolute Gasteiger partial charge is 0.270 e. The number of carbonyl (C=O) groups is 1. The fourth-order valence-corrected chi connectivity index (χ4v) is 3.08. The summed E-state index contributed by atoms with van der Waals surface area (Å²) in [6.45, 7) is 3.66. The van der Waals surface area contributed by atoms with Crippen LogP contribution >= 0.6 is 0 Å². The maximum absolute atomic E-state index is 12.4. The number of aromatic nitrogens is 1. The highest BCUT2D eigenvalue weighted by Crippen LogP contribution is 2.21. The summed E-state index contributed by atoms with van der Waals surface area (Å²) in [6.07, 6.45) is 3.71. The highest BCUT2D eigenvalue weighted by molar-refractivity contribution is 5.92. The normalized spacial score (nSPS) is 24.0. The number of amides is 1. The molecule has 2 saturated heterocycles. The third-order valence-corrected chi connectivity index (χ3v) is 4.12. The van der Waals surface area contributed by atoms with Crippen LogP contribution in [0.4, 0.5) is 0 Å². The lowest BCUT2D eigenvalue weighted by Gasteiger charge is -2.43. The second kappa shape index (κ2) is 5.17.